The molecule has 2 rings (SSSR count). The number of aliphatic hydroxyl groups excluding tert-OH is 1. The Hall–Kier alpha value is -1.16. The highest BCUT2D eigenvalue weighted by Gasteiger charge is 2.15. The molecule has 0 bridgehead atoms. The van der Waals surface area contributed by atoms with Crippen LogP contribution in [0.4, 0.5) is 0 Å². The number of hydrogen-bond acceptors (Lipinski definition) is 3. The molecule has 1 aromatic carbocycles. The van der Waals surface area contributed by atoms with Crippen molar-refractivity contribution in [1.29, 1.82) is 0 Å². The van der Waals surface area contributed by atoms with Crippen LogP contribution in [0.25, 0.3) is 0 Å². The van der Waals surface area contributed by atoms with E-state index in [1.165, 1.54) is 5.56 Å². The summed E-state index contributed by atoms with van der Waals surface area (Å²) in [5.41, 5.74) is 2.22. The van der Waals surface area contributed by atoms with Gasteiger partial charge in [0.25, 0.3) is 0 Å². The lowest BCUT2D eigenvalue weighted by molar-refractivity contribution is 0.135. The SMILES string of the molecule is C[C@H](NCc1ccsc1)[C@H](O)c1ccccc1. The summed E-state index contributed by atoms with van der Waals surface area (Å²) in [5.74, 6) is 0. The fraction of sp³-hybridized carbons (Fsp3) is 0.286. The fourth-order valence-corrected chi connectivity index (χ4v) is 2.39. The number of hydrogen-bond donors (Lipinski definition) is 2. The van der Waals surface area contributed by atoms with Crippen molar-refractivity contribution >= 4 is 11.3 Å². The van der Waals surface area contributed by atoms with Gasteiger partial charge in [-0.05, 0) is 34.9 Å². The average Bonchev–Trinajstić information content (AvgIpc) is 2.89. The number of aliphatic hydroxyl groups is 1. The van der Waals surface area contributed by atoms with E-state index in [2.05, 4.69) is 22.1 Å². The van der Waals surface area contributed by atoms with E-state index in [1.54, 1.807) is 11.3 Å². The molecule has 2 nitrogen and oxygen atoms in total. The predicted octanol–water partition coefficient (Wildman–Crippen LogP) is 2.96. The summed E-state index contributed by atoms with van der Waals surface area (Å²) in [5, 5.41) is 17.7. The molecule has 2 N–H and O–H groups in total. The highest BCUT2D eigenvalue weighted by Crippen LogP contribution is 2.16. The third kappa shape index (κ3) is 3.40. The predicted molar refractivity (Wildman–Crippen MR) is 72.0 cm³/mol. The van der Waals surface area contributed by atoms with Crippen LogP contribution in [-0.2, 0) is 6.54 Å². The van der Waals surface area contributed by atoms with Gasteiger partial charge >= 0.3 is 0 Å². The van der Waals surface area contributed by atoms with Crippen molar-refractivity contribution in [1.82, 2.24) is 5.32 Å². The molecule has 0 aliphatic heterocycles. The first-order valence-electron chi connectivity index (χ1n) is 5.75. The molecule has 0 aliphatic rings. The van der Waals surface area contributed by atoms with Gasteiger partial charge in [-0.2, -0.15) is 11.3 Å². The van der Waals surface area contributed by atoms with Crippen molar-refractivity contribution in [3.63, 3.8) is 0 Å². The van der Waals surface area contributed by atoms with Crippen LogP contribution >= 0.6 is 11.3 Å². The molecular weight excluding hydrogens is 230 g/mol. The van der Waals surface area contributed by atoms with E-state index < -0.39 is 6.10 Å². The van der Waals surface area contributed by atoms with Gasteiger partial charge in [0.05, 0.1) is 6.10 Å². The van der Waals surface area contributed by atoms with Crippen molar-refractivity contribution < 1.29 is 5.11 Å². The summed E-state index contributed by atoms with van der Waals surface area (Å²) >= 11 is 1.69. The molecule has 1 aromatic heterocycles. The van der Waals surface area contributed by atoms with Gasteiger partial charge in [-0.3, -0.25) is 0 Å². The highest BCUT2D eigenvalue weighted by molar-refractivity contribution is 7.07. The minimum atomic E-state index is -0.463. The van der Waals surface area contributed by atoms with Gasteiger partial charge < -0.3 is 10.4 Å². The third-order valence-electron chi connectivity index (χ3n) is 2.82. The topological polar surface area (TPSA) is 32.3 Å². The molecule has 2 aromatic rings. The molecule has 0 aliphatic carbocycles. The quantitative estimate of drug-likeness (QED) is 0.851. The lowest BCUT2D eigenvalue weighted by Gasteiger charge is -2.20. The molecule has 0 radical (unpaired) electrons. The van der Waals surface area contributed by atoms with E-state index in [0.717, 1.165) is 12.1 Å². The maximum Gasteiger partial charge on any atom is 0.0940 e. The Morgan fingerprint density at radius 1 is 1.24 bits per heavy atom. The van der Waals surface area contributed by atoms with Crippen molar-refractivity contribution in [2.45, 2.75) is 25.6 Å². The molecule has 3 heteroatoms. The zero-order chi connectivity index (χ0) is 12.1. The number of benzene rings is 1. The molecule has 17 heavy (non-hydrogen) atoms. The highest BCUT2D eigenvalue weighted by atomic mass is 32.1. The Kier molecular flexibility index (Phi) is 4.31. The van der Waals surface area contributed by atoms with Gasteiger partial charge in [0.15, 0.2) is 0 Å². The Labute approximate surface area is 106 Å². The number of thiophene rings is 1. The summed E-state index contributed by atoms with van der Waals surface area (Å²) in [6, 6.07) is 11.9. The summed E-state index contributed by atoms with van der Waals surface area (Å²) in [4.78, 5) is 0. The number of rotatable bonds is 5. The van der Waals surface area contributed by atoms with Gasteiger partial charge in [0.2, 0.25) is 0 Å². The Morgan fingerprint density at radius 2 is 2.00 bits per heavy atom. The molecular formula is C14H17NOS. The first kappa shape index (κ1) is 12.3. The van der Waals surface area contributed by atoms with E-state index in [0.29, 0.717) is 0 Å². The van der Waals surface area contributed by atoms with Gasteiger partial charge in [0, 0.05) is 12.6 Å². The first-order valence-corrected chi connectivity index (χ1v) is 6.69. The van der Waals surface area contributed by atoms with Crippen molar-refractivity contribution in [2.24, 2.45) is 0 Å². The van der Waals surface area contributed by atoms with E-state index in [9.17, 15) is 5.11 Å². The van der Waals surface area contributed by atoms with Crippen molar-refractivity contribution in [3.05, 3.63) is 58.3 Å². The average molecular weight is 247 g/mol. The lowest BCUT2D eigenvalue weighted by atomic mass is 10.0. The van der Waals surface area contributed by atoms with Crippen LogP contribution in [0.3, 0.4) is 0 Å². The summed E-state index contributed by atoms with van der Waals surface area (Å²) < 4.78 is 0. The largest absolute Gasteiger partial charge is 0.387 e. The maximum atomic E-state index is 10.2. The van der Waals surface area contributed by atoms with E-state index in [-0.39, 0.29) is 6.04 Å². The second-order valence-electron chi connectivity index (χ2n) is 4.16. The Morgan fingerprint density at radius 3 is 2.65 bits per heavy atom. The Bertz CT molecular complexity index is 427. The van der Waals surface area contributed by atoms with Gasteiger partial charge in [-0.1, -0.05) is 30.3 Å². The van der Waals surface area contributed by atoms with Crippen LogP contribution in [0.2, 0.25) is 0 Å². The lowest BCUT2D eigenvalue weighted by Crippen LogP contribution is -2.31. The molecule has 2 atom stereocenters. The van der Waals surface area contributed by atoms with Gasteiger partial charge in [-0.25, -0.2) is 0 Å². The molecule has 90 valence electrons. The minimum Gasteiger partial charge on any atom is -0.387 e. The number of nitrogens with one attached hydrogen (secondary N) is 1. The van der Waals surface area contributed by atoms with Crippen molar-refractivity contribution in [2.75, 3.05) is 0 Å². The monoisotopic (exact) mass is 247 g/mol. The smallest absolute Gasteiger partial charge is 0.0940 e. The standard InChI is InChI=1S/C14H17NOS/c1-11(15-9-12-7-8-17-10-12)14(16)13-5-3-2-4-6-13/h2-8,10-11,14-16H,9H2,1H3/t11-,14-/m0/s1. The van der Waals surface area contributed by atoms with Crippen LogP contribution in [0.5, 0.6) is 0 Å². The van der Waals surface area contributed by atoms with Crippen LogP contribution in [0.15, 0.2) is 47.2 Å². The second-order valence-corrected chi connectivity index (χ2v) is 4.94. The van der Waals surface area contributed by atoms with Gasteiger partial charge in [0.1, 0.15) is 0 Å². The zero-order valence-corrected chi connectivity index (χ0v) is 10.7. The van der Waals surface area contributed by atoms with Crippen molar-refractivity contribution in [3.8, 4) is 0 Å². The van der Waals surface area contributed by atoms with Crippen LogP contribution in [0.1, 0.15) is 24.2 Å². The second kappa shape index (κ2) is 5.96. The van der Waals surface area contributed by atoms with E-state index in [4.69, 9.17) is 0 Å². The fourth-order valence-electron chi connectivity index (χ4n) is 1.72. The molecule has 0 fully saturated rings. The minimum absolute atomic E-state index is 0.0392. The molecule has 1 heterocycles. The van der Waals surface area contributed by atoms with E-state index in [1.807, 2.05) is 37.3 Å². The van der Waals surface area contributed by atoms with Gasteiger partial charge in [-0.15, -0.1) is 0 Å². The Balaban J connectivity index is 1.89. The molecule has 0 unspecified atom stereocenters. The zero-order valence-electron chi connectivity index (χ0n) is 9.84. The van der Waals surface area contributed by atoms with Crippen LogP contribution in [-0.4, -0.2) is 11.1 Å². The van der Waals surface area contributed by atoms with Crippen LogP contribution < -0.4 is 5.32 Å². The summed E-state index contributed by atoms with van der Waals surface area (Å²) in [7, 11) is 0. The molecule has 0 amide bonds. The summed E-state index contributed by atoms with van der Waals surface area (Å²) in [6.07, 6.45) is -0.463. The molecule has 0 saturated carbocycles. The molecule has 0 saturated heterocycles. The summed E-state index contributed by atoms with van der Waals surface area (Å²) in [6.45, 7) is 2.80. The first-order chi connectivity index (χ1) is 8.27. The maximum absolute atomic E-state index is 10.2. The third-order valence-corrected chi connectivity index (χ3v) is 3.56. The normalized spacial score (nSPS) is 14.5. The van der Waals surface area contributed by atoms with Crippen LogP contribution in [0, 0.1) is 0 Å². The van der Waals surface area contributed by atoms with E-state index >= 15 is 0 Å². The molecule has 0 spiro atoms.